The molecular weight excluding hydrogens is 385 g/mol. The number of carbonyl (C=O) groups excluding carboxylic acids is 1. The van der Waals surface area contributed by atoms with Gasteiger partial charge in [0.2, 0.25) is 0 Å². The largest absolute Gasteiger partial charge is 0.464 e. The quantitative estimate of drug-likeness (QED) is 0.351. The molecule has 0 saturated heterocycles. The number of ether oxygens (including phenoxy) is 2. The molecule has 0 aromatic carbocycles. The van der Waals surface area contributed by atoms with E-state index >= 15 is 0 Å². The van der Waals surface area contributed by atoms with Crippen molar-refractivity contribution in [2.75, 3.05) is 31.8 Å². The molecule has 0 aliphatic heterocycles. The molecule has 0 rings (SSSR count). The second kappa shape index (κ2) is 13.5. The van der Waals surface area contributed by atoms with Crippen molar-refractivity contribution >= 4 is 17.7 Å². The number of hydrogen-bond donors (Lipinski definition) is 0. The monoisotopic (exact) mass is 403 g/mol. The Kier molecular flexibility index (Phi) is 16.4. The predicted octanol–water partition coefficient (Wildman–Crippen LogP) is 1.71. The van der Waals surface area contributed by atoms with Crippen molar-refractivity contribution in [2.24, 2.45) is 0 Å². The minimum absolute atomic E-state index is 0. The topological polar surface area (TPSA) is 35.5 Å². The third-order valence-electron chi connectivity index (χ3n) is 1.41. The number of hydrogen-bond acceptors (Lipinski definition) is 4. The molecule has 0 aliphatic carbocycles. The van der Waals surface area contributed by atoms with Gasteiger partial charge in [-0.05, 0) is 31.8 Å². The van der Waals surface area contributed by atoms with Gasteiger partial charge in [0.25, 0.3) is 0 Å². The molecule has 0 heterocycles. The van der Waals surface area contributed by atoms with E-state index < -0.39 is 0 Å². The molecule has 0 atom stereocenters. The molecule has 89 valence electrons. The van der Waals surface area contributed by atoms with Gasteiger partial charge in [-0.15, -0.1) is 0 Å². The van der Waals surface area contributed by atoms with Crippen LogP contribution in [0.2, 0.25) is 0 Å². The fourth-order valence-electron chi connectivity index (χ4n) is 0.809. The number of thioether (sulfide) groups is 1. The van der Waals surface area contributed by atoms with Crippen LogP contribution in [0.5, 0.6) is 0 Å². The summed E-state index contributed by atoms with van der Waals surface area (Å²) in [6, 6.07) is 0. The summed E-state index contributed by atoms with van der Waals surface area (Å²) in [4.78, 5) is 10.8. The van der Waals surface area contributed by atoms with E-state index in [1.165, 1.54) is 0 Å². The van der Waals surface area contributed by atoms with Crippen LogP contribution in [0.15, 0.2) is 0 Å². The molecule has 0 spiro atoms. The van der Waals surface area contributed by atoms with E-state index in [-0.39, 0.29) is 35.0 Å². The number of carbonyl (C=O) groups is 1. The van der Waals surface area contributed by atoms with Crippen LogP contribution in [0.3, 0.4) is 0 Å². The van der Waals surface area contributed by atoms with Gasteiger partial charge in [0, 0.05) is 29.0 Å². The Bertz CT molecular complexity index is 133. The standard InChI is InChI=1S/C9H18O3S.Au/c1-3-12-9(10)8-11-6-4-5-7-13-2;/h3-8H2,1-2H3;. The van der Waals surface area contributed by atoms with E-state index in [1.54, 1.807) is 6.92 Å². The maximum absolute atomic E-state index is 10.8. The van der Waals surface area contributed by atoms with Gasteiger partial charge in [-0.2, -0.15) is 11.8 Å². The van der Waals surface area contributed by atoms with Gasteiger partial charge in [0.05, 0.1) is 6.61 Å². The molecule has 0 aliphatic rings. The Morgan fingerprint density at radius 1 is 1.36 bits per heavy atom. The van der Waals surface area contributed by atoms with Crippen molar-refractivity contribution in [3.63, 3.8) is 0 Å². The van der Waals surface area contributed by atoms with Crippen LogP contribution >= 0.6 is 11.8 Å². The van der Waals surface area contributed by atoms with Crippen LogP contribution in [0.25, 0.3) is 0 Å². The third-order valence-corrected chi connectivity index (χ3v) is 2.11. The second-order valence-corrected chi connectivity index (χ2v) is 3.54. The van der Waals surface area contributed by atoms with Crippen LogP contribution in [0, 0.1) is 0 Å². The number of rotatable bonds is 8. The summed E-state index contributed by atoms with van der Waals surface area (Å²) in [5, 5.41) is 0. The van der Waals surface area contributed by atoms with Crippen molar-refractivity contribution in [1.82, 2.24) is 0 Å². The summed E-state index contributed by atoms with van der Waals surface area (Å²) in [6.07, 6.45) is 4.24. The smallest absolute Gasteiger partial charge is 0.332 e. The van der Waals surface area contributed by atoms with Crippen LogP contribution in [0.1, 0.15) is 19.8 Å². The average Bonchev–Trinajstić information content (AvgIpc) is 2.11. The molecule has 0 fully saturated rings. The van der Waals surface area contributed by atoms with E-state index in [0.29, 0.717) is 13.2 Å². The molecular formula is C9H18AuO3S. The Labute approximate surface area is 106 Å². The molecule has 5 heteroatoms. The zero-order valence-electron chi connectivity index (χ0n) is 8.68. The predicted molar refractivity (Wildman–Crippen MR) is 55.1 cm³/mol. The van der Waals surface area contributed by atoms with E-state index in [9.17, 15) is 4.79 Å². The van der Waals surface area contributed by atoms with Crippen molar-refractivity contribution in [3.05, 3.63) is 0 Å². The molecule has 3 nitrogen and oxygen atoms in total. The van der Waals surface area contributed by atoms with Gasteiger partial charge < -0.3 is 9.47 Å². The van der Waals surface area contributed by atoms with Crippen LogP contribution in [-0.4, -0.2) is 37.8 Å². The Balaban J connectivity index is 0. The third kappa shape index (κ3) is 12.5. The molecule has 0 aromatic rings. The first-order valence-electron chi connectivity index (χ1n) is 4.53. The number of esters is 1. The first kappa shape index (κ1) is 16.9. The molecule has 14 heavy (non-hydrogen) atoms. The molecule has 0 bridgehead atoms. The van der Waals surface area contributed by atoms with Crippen molar-refractivity contribution in [3.8, 4) is 0 Å². The SMILES string of the molecule is CCOC(=O)COCCCCSC.[Au]. The summed E-state index contributed by atoms with van der Waals surface area (Å²) in [7, 11) is 0. The molecule has 0 saturated carbocycles. The molecule has 1 radical (unpaired) electrons. The molecule has 0 aromatic heterocycles. The van der Waals surface area contributed by atoms with Crippen LogP contribution in [0.4, 0.5) is 0 Å². The summed E-state index contributed by atoms with van der Waals surface area (Å²) in [5.74, 6) is 0.885. The maximum Gasteiger partial charge on any atom is 0.332 e. The summed E-state index contributed by atoms with van der Waals surface area (Å²) in [6.45, 7) is 2.96. The van der Waals surface area contributed by atoms with Gasteiger partial charge in [0.15, 0.2) is 0 Å². The van der Waals surface area contributed by atoms with E-state index in [1.807, 2.05) is 11.8 Å². The van der Waals surface area contributed by atoms with Crippen molar-refractivity contribution in [1.29, 1.82) is 0 Å². The van der Waals surface area contributed by atoms with E-state index in [2.05, 4.69) is 6.26 Å². The maximum atomic E-state index is 10.8. The van der Waals surface area contributed by atoms with Crippen LogP contribution < -0.4 is 0 Å². The number of unbranched alkanes of at least 4 members (excludes halogenated alkanes) is 1. The Hall–Kier alpha value is 0.520. The van der Waals surface area contributed by atoms with Crippen LogP contribution in [-0.2, 0) is 36.6 Å². The van der Waals surface area contributed by atoms with Crippen molar-refractivity contribution in [2.45, 2.75) is 19.8 Å². The van der Waals surface area contributed by atoms with E-state index in [4.69, 9.17) is 9.47 Å². The zero-order valence-corrected chi connectivity index (χ0v) is 11.7. The zero-order chi connectivity index (χ0) is 9.94. The van der Waals surface area contributed by atoms with Gasteiger partial charge in [-0.1, -0.05) is 0 Å². The summed E-state index contributed by atoms with van der Waals surface area (Å²) < 4.78 is 9.81. The van der Waals surface area contributed by atoms with Gasteiger partial charge >= 0.3 is 5.97 Å². The normalized spacial score (nSPS) is 9.29. The summed E-state index contributed by atoms with van der Waals surface area (Å²) >= 11 is 1.83. The summed E-state index contributed by atoms with van der Waals surface area (Å²) in [5.41, 5.74) is 0. The molecule has 0 amide bonds. The average molecular weight is 403 g/mol. The first-order chi connectivity index (χ1) is 6.31. The second-order valence-electron chi connectivity index (χ2n) is 2.56. The fraction of sp³-hybridized carbons (Fsp3) is 0.889. The minimum Gasteiger partial charge on any atom is -0.464 e. The molecule has 0 N–H and O–H groups in total. The molecule has 0 unspecified atom stereocenters. The van der Waals surface area contributed by atoms with Gasteiger partial charge in [-0.25, -0.2) is 4.79 Å². The Morgan fingerprint density at radius 2 is 2.07 bits per heavy atom. The minimum atomic E-state index is -0.271. The van der Waals surface area contributed by atoms with Gasteiger partial charge in [-0.3, -0.25) is 0 Å². The van der Waals surface area contributed by atoms with Crippen molar-refractivity contribution < 1.29 is 36.6 Å². The fourth-order valence-corrected chi connectivity index (χ4v) is 1.30. The van der Waals surface area contributed by atoms with E-state index in [0.717, 1.165) is 18.6 Å². The van der Waals surface area contributed by atoms with Gasteiger partial charge in [0.1, 0.15) is 6.61 Å². The first-order valence-corrected chi connectivity index (χ1v) is 5.93. The Morgan fingerprint density at radius 3 is 2.64 bits per heavy atom.